The van der Waals surface area contributed by atoms with Crippen LogP contribution in [0.25, 0.3) is 0 Å². The molecule has 1 N–H and O–H groups in total. The summed E-state index contributed by atoms with van der Waals surface area (Å²) in [7, 11) is 1.68. The zero-order valence-corrected chi connectivity index (χ0v) is 12.6. The third-order valence-corrected chi connectivity index (χ3v) is 3.25. The normalized spacial score (nSPS) is 10.6. The molecule has 0 aliphatic rings. The molecule has 2 amide bonds. The van der Waals surface area contributed by atoms with Crippen molar-refractivity contribution in [2.45, 2.75) is 6.92 Å². The fourth-order valence-corrected chi connectivity index (χ4v) is 2.02. The Hall–Kier alpha value is -2.33. The Morgan fingerprint density at radius 1 is 1.24 bits per heavy atom. The van der Waals surface area contributed by atoms with E-state index in [4.69, 9.17) is 11.6 Å². The van der Waals surface area contributed by atoms with Gasteiger partial charge in [0.15, 0.2) is 0 Å². The zero-order valence-electron chi connectivity index (χ0n) is 11.9. The van der Waals surface area contributed by atoms with Crippen LogP contribution in [0.15, 0.2) is 53.5 Å². The van der Waals surface area contributed by atoms with E-state index in [-0.39, 0.29) is 6.03 Å². The number of nitrogens with one attached hydrogen (secondary N) is 1. The predicted octanol–water partition coefficient (Wildman–Crippen LogP) is 4.35. The van der Waals surface area contributed by atoms with Crippen LogP contribution in [0.3, 0.4) is 0 Å². The van der Waals surface area contributed by atoms with Crippen molar-refractivity contribution in [1.29, 1.82) is 0 Å². The number of rotatable bonds is 3. The van der Waals surface area contributed by atoms with E-state index in [0.29, 0.717) is 5.02 Å². The molecule has 0 aliphatic heterocycles. The maximum absolute atomic E-state index is 11.9. The molecular formula is C16H16ClN3O. The van der Waals surface area contributed by atoms with Crippen molar-refractivity contribution >= 4 is 35.3 Å². The molecule has 0 spiro atoms. The van der Waals surface area contributed by atoms with Gasteiger partial charge in [0.05, 0.1) is 6.34 Å². The summed E-state index contributed by atoms with van der Waals surface area (Å²) in [6.45, 7) is 1.93. The maximum atomic E-state index is 11.9. The van der Waals surface area contributed by atoms with Crippen LogP contribution in [-0.4, -0.2) is 19.4 Å². The molecule has 0 heterocycles. The highest BCUT2D eigenvalue weighted by Gasteiger charge is 2.07. The number of carbonyl (C=O) groups excluding carboxylic acids is 1. The summed E-state index contributed by atoms with van der Waals surface area (Å²) >= 11 is 5.89. The topological polar surface area (TPSA) is 44.7 Å². The molecule has 0 bridgehead atoms. The third-order valence-electron chi connectivity index (χ3n) is 3.01. The monoisotopic (exact) mass is 301 g/mol. The first kappa shape index (κ1) is 15.1. The van der Waals surface area contributed by atoms with Crippen molar-refractivity contribution in [2.75, 3.05) is 17.3 Å². The van der Waals surface area contributed by atoms with Crippen LogP contribution in [-0.2, 0) is 0 Å². The second kappa shape index (κ2) is 6.90. The van der Waals surface area contributed by atoms with Gasteiger partial charge in [-0.2, -0.15) is 4.99 Å². The molecule has 0 unspecified atom stereocenters. The minimum absolute atomic E-state index is 0.347. The molecule has 0 radical (unpaired) electrons. The SMILES string of the molecule is Cc1cc(Cl)ccc1NC=NC(=O)N(C)c1ccccc1. The Morgan fingerprint density at radius 3 is 2.62 bits per heavy atom. The Labute approximate surface area is 129 Å². The van der Waals surface area contributed by atoms with Gasteiger partial charge in [0, 0.05) is 23.4 Å². The Morgan fingerprint density at radius 2 is 1.95 bits per heavy atom. The highest BCUT2D eigenvalue weighted by atomic mass is 35.5. The fourth-order valence-electron chi connectivity index (χ4n) is 1.79. The average molecular weight is 302 g/mol. The van der Waals surface area contributed by atoms with Crippen molar-refractivity contribution in [3.63, 3.8) is 0 Å². The van der Waals surface area contributed by atoms with E-state index < -0.39 is 0 Å². The molecule has 2 aromatic carbocycles. The van der Waals surface area contributed by atoms with E-state index in [1.165, 1.54) is 11.2 Å². The smallest absolute Gasteiger partial charge is 0.346 e. The quantitative estimate of drug-likeness (QED) is 0.677. The summed E-state index contributed by atoms with van der Waals surface area (Å²) in [6, 6.07) is 14.5. The number of amides is 2. The molecule has 4 nitrogen and oxygen atoms in total. The standard InChI is InChI=1S/C16H16ClN3O/c1-12-10-13(17)8-9-15(12)18-11-19-16(21)20(2)14-6-4-3-5-7-14/h3-11H,1-2H3,(H,18,19,21). The Kier molecular flexibility index (Phi) is 4.95. The molecule has 5 heteroatoms. The van der Waals surface area contributed by atoms with Crippen molar-refractivity contribution in [3.05, 3.63) is 59.1 Å². The minimum atomic E-state index is -0.347. The van der Waals surface area contributed by atoms with E-state index in [1.807, 2.05) is 49.4 Å². The average Bonchev–Trinajstić information content (AvgIpc) is 2.49. The van der Waals surface area contributed by atoms with Gasteiger partial charge >= 0.3 is 6.03 Å². The maximum Gasteiger partial charge on any atom is 0.349 e. The van der Waals surface area contributed by atoms with Crippen molar-refractivity contribution in [2.24, 2.45) is 4.99 Å². The first-order chi connectivity index (χ1) is 10.1. The van der Waals surface area contributed by atoms with Crippen LogP contribution in [0, 0.1) is 6.92 Å². The van der Waals surface area contributed by atoms with Gasteiger partial charge < -0.3 is 5.32 Å². The number of aryl methyl sites for hydroxylation is 1. The van der Waals surface area contributed by atoms with Crippen molar-refractivity contribution in [1.82, 2.24) is 0 Å². The Balaban J connectivity index is 1.99. The number of para-hydroxylation sites is 1. The second-order valence-corrected chi connectivity index (χ2v) is 4.98. The van der Waals surface area contributed by atoms with Gasteiger partial charge in [-0.15, -0.1) is 0 Å². The number of benzene rings is 2. The lowest BCUT2D eigenvalue weighted by molar-refractivity contribution is 0.255. The van der Waals surface area contributed by atoms with Crippen LogP contribution >= 0.6 is 11.6 Å². The highest BCUT2D eigenvalue weighted by Crippen LogP contribution is 2.19. The number of hydrogen-bond donors (Lipinski definition) is 1. The number of urea groups is 1. The van der Waals surface area contributed by atoms with E-state index >= 15 is 0 Å². The molecule has 108 valence electrons. The molecule has 2 aromatic rings. The lowest BCUT2D eigenvalue weighted by Crippen LogP contribution is -2.23. The van der Waals surface area contributed by atoms with E-state index in [9.17, 15) is 4.79 Å². The summed E-state index contributed by atoms with van der Waals surface area (Å²) in [5.74, 6) is 0. The van der Waals surface area contributed by atoms with Gasteiger partial charge in [-0.05, 0) is 42.8 Å². The fraction of sp³-hybridized carbons (Fsp3) is 0.125. The van der Waals surface area contributed by atoms with Gasteiger partial charge in [0.25, 0.3) is 0 Å². The summed E-state index contributed by atoms with van der Waals surface area (Å²) < 4.78 is 0. The molecule has 0 saturated carbocycles. The summed E-state index contributed by atoms with van der Waals surface area (Å²) in [5, 5.41) is 3.66. The van der Waals surface area contributed by atoms with Crippen LogP contribution in [0.1, 0.15) is 5.56 Å². The number of nitrogens with zero attached hydrogens (tertiary/aromatic N) is 2. The number of halogens is 1. The summed E-state index contributed by atoms with van der Waals surface area (Å²) in [4.78, 5) is 17.3. The molecule has 2 rings (SSSR count). The van der Waals surface area contributed by atoms with Gasteiger partial charge in [-0.3, -0.25) is 4.90 Å². The van der Waals surface area contributed by atoms with E-state index in [2.05, 4.69) is 10.3 Å². The van der Waals surface area contributed by atoms with Crippen LogP contribution in [0.2, 0.25) is 5.02 Å². The lowest BCUT2D eigenvalue weighted by Gasteiger charge is -2.13. The van der Waals surface area contributed by atoms with Gasteiger partial charge in [-0.1, -0.05) is 29.8 Å². The number of carbonyl (C=O) groups is 1. The molecular weight excluding hydrogens is 286 g/mol. The molecule has 0 aromatic heterocycles. The number of aliphatic imine (C=N–C) groups is 1. The molecule has 0 fully saturated rings. The second-order valence-electron chi connectivity index (χ2n) is 4.54. The molecule has 0 saturated heterocycles. The molecule has 0 atom stereocenters. The highest BCUT2D eigenvalue weighted by molar-refractivity contribution is 6.30. The first-order valence-corrected chi connectivity index (χ1v) is 6.83. The zero-order chi connectivity index (χ0) is 15.2. The lowest BCUT2D eigenvalue weighted by atomic mass is 10.2. The minimum Gasteiger partial charge on any atom is -0.346 e. The molecule has 21 heavy (non-hydrogen) atoms. The van der Waals surface area contributed by atoms with Gasteiger partial charge in [-0.25, -0.2) is 4.79 Å². The number of anilines is 2. The third kappa shape index (κ3) is 4.07. The van der Waals surface area contributed by atoms with Gasteiger partial charge in [0.2, 0.25) is 0 Å². The van der Waals surface area contributed by atoms with Crippen LogP contribution in [0.5, 0.6) is 0 Å². The predicted molar refractivity (Wildman–Crippen MR) is 88.5 cm³/mol. The largest absolute Gasteiger partial charge is 0.349 e. The van der Waals surface area contributed by atoms with Crippen LogP contribution in [0.4, 0.5) is 16.2 Å². The van der Waals surface area contributed by atoms with E-state index in [1.54, 1.807) is 13.1 Å². The summed E-state index contributed by atoms with van der Waals surface area (Å²) in [5.41, 5.74) is 2.64. The van der Waals surface area contributed by atoms with Gasteiger partial charge in [0.1, 0.15) is 0 Å². The summed E-state index contributed by atoms with van der Waals surface area (Å²) in [6.07, 6.45) is 1.39. The van der Waals surface area contributed by atoms with Crippen LogP contribution < -0.4 is 10.2 Å². The molecule has 0 aliphatic carbocycles. The van der Waals surface area contributed by atoms with Crippen molar-refractivity contribution in [3.8, 4) is 0 Å². The Bertz CT molecular complexity index is 656. The van der Waals surface area contributed by atoms with E-state index in [0.717, 1.165) is 16.9 Å². The number of hydrogen-bond acceptors (Lipinski definition) is 1. The van der Waals surface area contributed by atoms with Crippen molar-refractivity contribution < 1.29 is 4.79 Å². The first-order valence-electron chi connectivity index (χ1n) is 6.46.